The Morgan fingerprint density at radius 1 is 1.20 bits per heavy atom. The minimum absolute atomic E-state index is 0.0307. The smallest absolute Gasteiger partial charge is 0.251 e. The molecule has 1 aliphatic rings. The maximum atomic E-state index is 12.5. The van der Waals surface area contributed by atoms with E-state index >= 15 is 0 Å². The number of nitrogens with zero attached hydrogens (tertiary/aromatic N) is 1. The van der Waals surface area contributed by atoms with E-state index in [4.69, 9.17) is 4.74 Å². The molecule has 0 spiro atoms. The Bertz CT molecular complexity index is 662. The average Bonchev–Trinajstić information content (AvgIpc) is 3.29. The largest absolute Gasteiger partial charge is 0.491 e. The molecule has 134 valence electrons. The topological polar surface area (TPSA) is 41.6 Å². The van der Waals surface area contributed by atoms with E-state index in [1.165, 1.54) is 17.7 Å². The first-order valence-electron chi connectivity index (χ1n) is 8.96. The Hall–Kier alpha value is -1.85. The van der Waals surface area contributed by atoms with Crippen molar-refractivity contribution in [2.75, 3.05) is 19.6 Å². The fraction of sp³-hybridized carbons (Fsp3) is 0.450. The Morgan fingerprint density at radius 2 is 1.92 bits per heavy atom. The van der Waals surface area contributed by atoms with Crippen LogP contribution in [0.4, 0.5) is 0 Å². The van der Waals surface area contributed by atoms with E-state index in [9.17, 15) is 4.79 Å². The summed E-state index contributed by atoms with van der Waals surface area (Å²) in [6.45, 7) is 6.84. The van der Waals surface area contributed by atoms with Crippen LogP contribution in [0, 0.1) is 0 Å². The first-order chi connectivity index (χ1) is 12.1. The van der Waals surface area contributed by atoms with Crippen molar-refractivity contribution in [2.24, 2.45) is 0 Å². The summed E-state index contributed by atoms with van der Waals surface area (Å²) in [7, 11) is 0. The third-order valence-electron chi connectivity index (χ3n) is 4.40. The summed E-state index contributed by atoms with van der Waals surface area (Å²) in [5.41, 5.74) is 0.669. The molecule has 5 heteroatoms. The molecule has 0 saturated carbocycles. The third-order valence-corrected chi connectivity index (χ3v) is 5.37. The molecule has 1 aromatic heterocycles. The van der Waals surface area contributed by atoms with Gasteiger partial charge in [0.2, 0.25) is 0 Å². The van der Waals surface area contributed by atoms with E-state index < -0.39 is 0 Å². The summed E-state index contributed by atoms with van der Waals surface area (Å²) in [4.78, 5) is 16.3. The van der Waals surface area contributed by atoms with E-state index in [1.807, 2.05) is 38.1 Å². The number of rotatable bonds is 7. The zero-order chi connectivity index (χ0) is 17.6. The summed E-state index contributed by atoms with van der Waals surface area (Å²) in [6, 6.07) is 11.9. The van der Waals surface area contributed by atoms with Gasteiger partial charge in [-0.15, -0.1) is 11.3 Å². The molecule has 1 aliphatic heterocycles. The van der Waals surface area contributed by atoms with Crippen molar-refractivity contribution in [1.29, 1.82) is 0 Å². The predicted octanol–water partition coefficient (Wildman–Crippen LogP) is 4.10. The monoisotopic (exact) mass is 358 g/mol. The summed E-state index contributed by atoms with van der Waals surface area (Å²) in [5, 5.41) is 5.21. The number of carbonyl (C=O) groups is 1. The molecule has 2 aromatic rings. The molecule has 1 amide bonds. The lowest BCUT2D eigenvalue weighted by Gasteiger charge is -2.27. The number of ether oxygens (including phenoxy) is 1. The molecule has 3 rings (SSSR count). The molecule has 4 nitrogen and oxygen atoms in total. The highest BCUT2D eigenvalue weighted by atomic mass is 32.1. The molecular formula is C20H26N2O2S. The number of benzene rings is 1. The maximum absolute atomic E-state index is 12.5. The van der Waals surface area contributed by atoms with E-state index in [-0.39, 0.29) is 18.1 Å². The average molecular weight is 359 g/mol. The van der Waals surface area contributed by atoms with Crippen LogP contribution in [0.1, 0.15) is 48.0 Å². The van der Waals surface area contributed by atoms with Gasteiger partial charge in [-0.2, -0.15) is 0 Å². The van der Waals surface area contributed by atoms with Crippen LogP contribution in [-0.4, -0.2) is 36.5 Å². The van der Waals surface area contributed by atoms with E-state index in [1.54, 1.807) is 11.3 Å². The van der Waals surface area contributed by atoms with Gasteiger partial charge in [0.25, 0.3) is 5.91 Å². The molecule has 1 fully saturated rings. The van der Waals surface area contributed by atoms with Crippen molar-refractivity contribution in [3.8, 4) is 5.75 Å². The highest BCUT2D eigenvalue weighted by molar-refractivity contribution is 7.10. The second kappa shape index (κ2) is 8.50. The first kappa shape index (κ1) is 18.0. The molecule has 1 atom stereocenters. The van der Waals surface area contributed by atoms with Gasteiger partial charge in [-0.3, -0.25) is 9.69 Å². The normalized spacial score (nSPS) is 16.1. The number of nitrogens with one attached hydrogen (secondary N) is 1. The van der Waals surface area contributed by atoms with Crippen LogP contribution < -0.4 is 10.1 Å². The molecular weight excluding hydrogens is 332 g/mol. The van der Waals surface area contributed by atoms with Crippen molar-refractivity contribution < 1.29 is 9.53 Å². The zero-order valence-corrected chi connectivity index (χ0v) is 15.7. The van der Waals surface area contributed by atoms with E-state index in [0.717, 1.165) is 18.8 Å². The predicted molar refractivity (Wildman–Crippen MR) is 102 cm³/mol. The molecule has 1 saturated heterocycles. The van der Waals surface area contributed by atoms with Gasteiger partial charge in [0.1, 0.15) is 5.75 Å². The Labute approximate surface area is 153 Å². The van der Waals surface area contributed by atoms with Crippen molar-refractivity contribution >= 4 is 17.2 Å². The lowest BCUT2D eigenvalue weighted by Crippen LogP contribution is -2.36. The standard InChI is InChI=1S/C20H26N2O2S/c1-15(2)24-17-9-7-16(8-10-17)20(23)21-14-18(19-6-5-13-25-19)22-11-3-4-12-22/h5-10,13,15,18H,3-4,11-12,14H2,1-2H3,(H,21,23)/t18-/m1/s1. The molecule has 0 radical (unpaired) electrons. The van der Waals surface area contributed by atoms with Gasteiger partial charge < -0.3 is 10.1 Å². The van der Waals surface area contributed by atoms with Gasteiger partial charge in [-0.05, 0) is 75.5 Å². The van der Waals surface area contributed by atoms with E-state index in [2.05, 4.69) is 27.7 Å². The van der Waals surface area contributed by atoms with Gasteiger partial charge in [0.15, 0.2) is 0 Å². The number of amides is 1. The van der Waals surface area contributed by atoms with Gasteiger partial charge in [0.05, 0.1) is 12.1 Å². The SMILES string of the molecule is CC(C)Oc1ccc(C(=O)NC[C@H](c2cccs2)N2CCCC2)cc1. The highest BCUT2D eigenvalue weighted by Gasteiger charge is 2.24. The van der Waals surface area contributed by atoms with Crippen molar-refractivity contribution in [3.05, 3.63) is 52.2 Å². The molecule has 2 heterocycles. The molecule has 0 unspecified atom stereocenters. The summed E-state index contributed by atoms with van der Waals surface area (Å²) in [6.07, 6.45) is 2.62. The Balaban J connectivity index is 1.61. The van der Waals surface area contributed by atoms with Crippen LogP contribution >= 0.6 is 11.3 Å². The van der Waals surface area contributed by atoms with Gasteiger partial charge >= 0.3 is 0 Å². The highest BCUT2D eigenvalue weighted by Crippen LogP contribution is 2.28. The molecule has 25 heavy (non-hydrogen) atoms. The summed E-state index contributed by atoms with van der Waals surface area (Å²) in [5.74, 6) is 0.761. The van der Waals surface area contributed by atoms with Gasteiger partial charge in [-0.25, -0.2) is 0 Å². The number of carbonyl (C=O) groups excluding carboxylic acids is 1. The summed E-state index contributed by atoms with van der Waals surface area (Å²) < 4.78 is 5.63. The fourth-order valence-electron chi connectivity index (χ4n) is 3.19. The van der Waals surface area contributed by atoms with Gasteiger partial charge in [-0.1, -0.05) is 6.07 Å². The minimum Gasteiger partial charge on any atom is -0.491 e. The first-order valence-corrected chi connectivity index (χ1v) is 9.84. The maximum Gasteiger partial charge on any atom is 0.251 e. The third kappa shape index (κ3) is 4.83. The molecule has 0 aliphatic carbocycles. The Kier molecular flexibility index (Phi) is 6.10. The summed E-state index contributed by atoms with van der Waals surface area (Å²) >= 11 is 1.76. The second-order valence-corrected chi connectivity index (χ2v) is 7.65. The number of hydrogen-bond acceptors (Lipinski definition) is 4. The minimum atomic E-state index is -0.0307. The quantitative estimate of drug-likeness (QED) is 0.810. The number of hydrogen-bond donors (Lipinski definition) is 1. The zero-order valence-electron chi connectivity index (χ0n) is 14.9. The van der Waals surface area contributed by atoms with Crippen molar-refractivity contribution in [1.82, 2.24) is 10.2 Å². The van der Waals surface area contributed by atoms with Crippen LogP contribution in [0.2, 0.25) is 0 Å². The molecule has 0 bridgehead atoms. The lowest BCUT2D eigenvalue weighted by atomic mass is 10.1. The van der Waals surface area contributed by atoms with E-state index in [0.29, 0.717) is 12.1 Å². The van der Waals surface area contributed by atoms with Gasteiger partial charge in [0, 0.05) is 17.0 Å². The fourth-order valence-corrected chi connectivity index (χ4v) is 4.05. The van der Waals surface area contributed by atoms with Crippen LogP contribution in [0.3, 0.4) is 0 Å². The van der Waals surface area contributed by atoms with Crippen LogP contribution in [0.15, 0.2) is 41.8 Å². The molecule has 1 aromatic carbocycles. The lowest BCUT2D eigenvalue weighted by molar-refractivity contribution is 0.0938. The Morgan fingerprint density at radius 3 is 2.52 bits per heavy atom. The molecule has 1 N–H and O–H groups in total. The number of likely N-dealkylation sites (tertiary alicyclic amines) is 1. The van der Waals surface area contributed by atoms with Crippen molar-refractivity contribution in [2.45, 2.75) is 38.8 Å². The second-order valence-electron chi connectivity index (χ2n) is 6.68. The van der Waals surface area contributed by atoms with Crippen LogP contribution in [-0.2, 0) is 0 Å². The van der Waals surface area contributed by atoms with Crippen LogP contribution in [0.5, 0.6) is 5.75 Å². The van der Waals surface area contributed by atoms with Crippen LogP contribution in [0.25, 0.3) is 0 Å². The van der Waals surface area contributed by atoms with Crippen molar-refractivity contribution in [3.63, 3.8) is 0 Å². The number of thiophene rings is 1.